The number of aromatic nitrogens is 1. The first kappa shape index (κ1) is 13.4. The molecular formula is C15H19N3O. The fraction of sp³-hybridized carbons (Fsp3) is 0.267. The minimum Gasteiger partial charge on any atom is -0.366 e. The molecule has 0 atom stereocenters. The number of rotatable bonds is 6. The van der Waals surface area contributed by atoms with E-state index in [4.69, 9.17) is 5.73 Å². The number of hydrogen-bond acceptors (Lipinski definition) is 2. The number of nitrogens with zero attached hydrogens (tertiary/aromatic N) is 1. The average Bonchev–Trinajstić information content (AvgIpc) is 2.87. The molecule has 0 aliphatic carbocycles. The van der Waals surface area contributed by atoms with Gasteiger partial charge >= 0.3 is 0 Å². The Morgan fingerprint density at radius 3 is 2.74 bits per heavy atom. The van der Waals surface area contributed by atoms with E-state index in [1.807, 2.05) is 18.2 Å². The van der Waals surface area contributed by atoms with Crippen LogP contribution >= 0.6 is 0 Å². The third kappa shape index (κ3) is 3.69. The van der Waals surface area contributed by atoms with Crippen LogP contribution < -0.4 is 11.1 Å². The summed E-state index contributed by atoms with van der Waals surface area (Å²) < 4.78 is 2.14. The second kappa shape index (κ2) is 6.20. The molecule has 0 fully saturated rings. The van der Waals surface area contributed by atoms with E-state index in [1.165, 1.54) is 5.56 Å². The molecule has 2 rings (SSSR count). The Labute approximate surface area is 113 Å². The maximum atomic E-state index is 11.1. The molecular weight excluding hydrogens is 238 g/mol. The first-order valence-electron chi connectivity index (χ1n) is 6.43. The minimum atomic E-state index is -0.387. The lowest BCUT2D eigenvalue weighted by molar-refractivity contribution is 0.1000. The molecule has 19 heavy (non-hydrogen) atoms. The van der Waals surface area contributed by atoms with Crippen LogP contribution in [-0.4, -0.2) is 10.5 Å². The zero-order chi connectivity index (χ0) is 13.7. The molecule has 1 aromatic carbocycles. The van der Waals surface area contributed by atoms with Crippen molar-refractivity contribution in [3.05, 3.63) is 59.4 Å². The van der Waals surface area contributed by atoms with Crippen LogP contribution in [0.4, 0.5) is 0 Å². The molecule has 1 aromatic heterocycles. The van der Waals surface area contributed by atoms with Crippen LogP contribution in [0.2, 0.25) is 0 Å². The zero-order valence-electron chi connectivity index (χ0n) is 11.1. The normalized spacial score (nSPS) is 10.6. The van der Waals surface area contributed by atoms with Gasteiger partial charge in [0.2, 0.25) is 5.91 Å². The first-order chi connectivity index (χ1) is 9.19. The van der Waals surface area contributed by atoms with E-state index >= 15 is 0 Å². The van der Waals surface area contributed by atoms with Gasteiger partial charge in [0.1, 0.15) is 0 Å². The van der Waals surface area contributed by atoms with Crippen molar-refractivity contribution in [3.63, 3.8) is 0 Å². The molecule has 0 aliphatic heterocycles. The van der Waals surface area contributed by atoms with Gasteiger partial charge in [0, 0.05) is 37.6 Å². The number of carbonyl (C=O) groups is 1. The van der Waals surface area contributed by atoms with Gasteiger partial charge in [-0.15, -0.1) is 0 Å². The quantitative estimate of drug-likeness (QED) is 0.830. The van der Waals surface area contributed by atoms with Gasteiger partial charge in [-0.2, -0.15) is 0 Å². The lowest BCUT2D eigenvalue weighted by atomic mass is 10.1. The predicted molar refractivity (Wildman–Crippen MR) is 75.6 cm³/mol. The van der Waals surface area contributed by atoms with Gasteiger partial charge < -0.3 is 15.6 Å². The van der Waals surface area contributed by atoms with Gasteiger partial charge in [0.25, 0.3) is 0 Å². The number of nitrogens with one attached hydrogen (secondary N) is 1. The molecule has 0 unspecified atom stereocenters. The second-order valence-corrected chi connectivity index (χ2v) is 4.52. The predicted octanol–water partition coefficient (Wildman–Crippen LogP) is 1.90. The van der Waals surface area contributed by atoms with Crippen LogP contribution in [-0.2, 0) is 19.6 Å². The molecule has 1 heterocycles. The van der Waals surface area contributed by atoms with Crippen molar-refractivity contribution >= 4 is 5.91 Å². The Hall–Kier alpha value is -2.07. The molecule has 4 heteroatoms. The summed E-state index contributed by atoms with van der Waals surface area (Å²) in [4.78, 5) is 11.1. The highest BCUT2D eigenvalue weighted by atomic mass is 16.1. The average molecular weight is 257 g/mol. The number of nitrogens with two attached hydrogens (primary N) is 1. The summed E-state index contributed by atoms with van der Waals surface area (Å²) in [7, 11) is 0. The molecule has 1 amide bonds. The number of amides is 1. The van der Waals surface area contributed by atoms with E-state index in [9.17, 15) is 4.79 Å². The Bertz CT molecular complexity index is 560. The van der Waals surface area contributed by atoms with Gasteiger partial charge in [-0.05, 0) is 36.2 Å². The summed E-state index contributed by atoms with van der Waals surface area (Å²) in [5, 5.41) is 3.36. The van der Waals surface area contributed by atoms with E-state index in [0.717, 1.165) is 25.2 Å². The van der Waals surface area contributed by atoms with Gasteiger partial charge in [-0.3, -0.25) is 4.79 Å². The number of hydrogen-bond donors (Lipinski definition) is 2. The number of aryl methyl sites for hydroxylation is 1. The summed E-state index contributed by atoms with van der Waals surface area (Å²) in [6.45, 7) is 4.64. The summed E-state index contributed by atoms with van der Waals surface area (Å²) >= 11 is 0. The molecule has 0 aliphatic rings. The van der Waals surface area contributed by atoms with Crippen molar-refractivity contribution in [1.82, 2.24) is 9.88 Å². The van der Waals surface area contributed by atoms with Crippen LogP contribution in [0.25, 0.3) is 0 Å². The lowest BCUT2D eigenvalue weighted by Crippen LogP contribution is -2.14. The highest BCUT2D eigenvalue weighted by Gasteiger charge is 2.01. The molecule has 0 saturated carbocycles. The second-order valence-electron chi connectivity index (χ2n) is 4.52. The Morgan fingerprint density at radius 1 is 1.26 bits per heavy atom. The molecule has 0 saturated heterocycles. The topological polar surface area (TPSA) is 60.1 Å². The Balaban J connectivity index is 1.88. The van der Waals surface area contributed by atoms with Crippen molar-refractivity contribution in [2.24, 2.45) is 5.73 Å². The first-order valence-corrected chi connectivity index (χ1v) is 6.43. The largest absolute Gasteiger partial charge is 0.366 e. The van der Waals surface area contributed by atoms with Crippen molar-refractivity contribution in [2.45, 2.75) is 26.6 Å². The van der Waals surface area contributed by atoms with Crippen LogP contribution in [0.15, 0.2) is 42.7 Å². The van der Waals surface area contributed by atoms with E-state index < -0.39 is 0 Å². The fourth-order valence-corrected chi connectivity index (χ4v) is 1.98. The molecule has 100 valence electrons. The fourth-order valence-electron chi connectivity index (χ4n) is 1.98. The van der Waals surface area contributed by atoms with E-state index in [-0.39, 0.29) is 5.91 Å². The van der Waals surface area contributed by atoms with Gasteiger partial charge in [0.05, 0.1) is 0 Å². The van der Waals surface area contributed by atoms with Crippen molar-refractivity contribution < 1.29 is 4.79 Å². The number of primary amides is 1. The number of benzene rings is 1. The third-order valence-electron chi connectivity index (χ3n) is 3.05. The molecule has 0 spiro atoms. The minimum absolute atomic E-state index is 0.387. The lowest BCUT2D eigenvalue weighted by Gasteiger charge is -2.05. The maximum Gasteiger partial charge on any atom is 0.248 e. The molecule has 3 N–H and O–H groups in total. The molecule has 0 bridgehead atoms. The number of carbonyl (C=O) groups excluding carboxylic acids is 1. The van der Waals surface area contributed by atoms with Crippen molar-refractivity contribution in [1.29, 1.82) is 0 Å². The van der Waals surface area contributed by atoms with E-state index in [0.29, 0.717) is 5.56 Å². The maximum absolute atomic E-state index is 11.1. The van der Waals surface area contributed by atoms with Crippen LogP contribution in [0.1, 0.15) is 28.4 Å². The van der Waals surface area contributed by atoms with Crippen molar-refractivity contribution in [2.75, 3.05) is 0 Å². The van der Waals surface area contributed by atoms with E-state index in [1.54, 1.807) is 6.07 Å². The smallest absolute Gasteiger partial charge is 0.248 e. The summed E-state index contributed by atoms with van der Waals surface area (Å²) in [6, 6.07) is 9.50. The Kier molecular flexibility index (Phi) is 4.36. The third-order valence-corrected chi connectivity index (χ3v) is 3.05. The van der Waals surface area contributed by atoms with Gasteiger partial charge in [0.15, 0.2) is 0 Å². The van der Waals surface area contributed by atoms with Crippen LogP contribution in [0, 0.1) is 0 Å². The van der Waals surface area contributed by atoms with Crippen molar-refractivity contribution in [3.8, 4) is 0 Å². The summed E-state index contributed by atoms with van der Waals surface area (Å²) in [6.07, 6.45) is 4.21. The SMILES string of the molecule is CCn1ccc(CNCc2cccc(C(N)=O)c2)c1. The molecule has 0 radical (unpaired) electrons. The molecule has 2 aromatic rings. The van der Waals surface area contributed by atoms with Gasteiger partial charge in [-0.25, -0.2) is 0 Å². The molecule has 4 nitrogen and oxygen atoms in total. The highest BCUT2D eigenvalue weighted by molar-refractivity contribution is 5.92. The van der Waals surface area contributed by atoms with E-state index in [2.05, 4.69) is 35.3 Å². The summed E-state index contributed by atoms with van der Waals surface area (Å²) in [5.41, 5.74) is 8.13. The Morgan fingerprint density at radius 2 is 2.05 bits per heavy atom. The standard InChI is InChI=1S/C15H19N3O/c1-2-18-7-6-13(11-18)10-17-9-12-4-3-5-14(8-12)15(16)19/h3-8,11,17H,2,9-10H2,1H3,(H2,16,19). The van der Waals surface area contributed by atoms with Gasteiger partial charge in [-0.1, -0.05) is 12.1 Å². The highest BCUT2D eigenvalue weighted by Crippen LogP contribution is 2.06. The summed E-state index contributed by atoms with van der Waals surface area (Å²) in [5.74, 6) is -0.387. The monoisotopic (exact) mass is 257 g/mol. The van der Waals surface area contributed by atoms with Crippen LogP contribution in [0.5, 0.6) is 0 Å². The zero-order valence-corrected chi connectivity index (χ0v) is 11.1. The van der Waals surface area contributed by atoms with Crippen LogP contribution in [0.3, 0.4) is 0 Å².